The minimum absolute atomic E-state index is 0.0600. The zero-order valence-electron chi connectivity index (χ0n) is 20.3. The smallest absolute Gasteiger partial charge is 0.410 e. The van der Waals surface area contributed by atoms with Gasteiger partial charge in [-0.05, 0) is 34.1 Å². The molecule has 4 atom stereocenters. The largest absolute Gasteiger partial charge is 0.444 e. The van der Waals surface area contributed by atoms with Crippen LogP contribution in [0, 0.1) is 12.8 Å². The van der Waals surface area contributed by atoms with Crippen LogP contribution in [0.15, 0.2) is 24.3 Å². The highest BCUT2D eigenvalue weighted by Crippen LogP contribution is 2.30. The van der Waals surface area contributed by atoms with E-state index in [1.165, 1.54) is 0 Å². The van der Waals surface area contributed by atoms with Crippen LogP contribution in [0.5, 0.6) is 0 Å². The molecule has 7 nitrogen and oxygen atoms in total. The van der Waals surface area contributed by atoms with E-state index in [-0.39, 0.29) is 36.6 Å². The maximum Gasteiger partial charge on any atom is 0.410 e. The molecule has 0 radical (unpaired) electrons. The Labute approximate surface area is 191 Å². The van der Waals surface area contributed by atoms with Crippen molar-refractivity contribution in [2.45, 2.75) is 77.7 Å². The third-order valence-corrected chi connectivity index (χ3v) is 5.89. The average molecular weight is 448 g/mol. The summed E-state index contributed by atoms with van der Waals surface area (Å²) in [5.41, 5.74) is 1.05. The van der Waals surface area contributed by atoms with Crippen LogP contribution in [0.25, 0.3) is 0 Å². The van der Waals surface area contributed by atoms with Gasteiger partial charge in [0.25, 0.3) is 0 Å². The summed E-state index contributed by atoms with van der Waals surface area (Å²) in [6, 6.07) is 6.98. The van der Waals surface area contributed by atoms with Crippen LogP contribution < -0.4 is 0 Å². The van der Waals surface area contributed by atoms with Gasteiger partial charge in [-0.15, -0.1) is 0 Å². The third kappa shape index (κ3) is 6.87. The summed E-state index contributed by atoms with van der Waals surface area (Å²) < 4.78 is 16.8. The average Bonchev–Trinajstić information content (AvgIpc) is 3.16. The fraction of sp³-hybridized carbons (Fsp3) is 0.640. The Bertz CT molecular complexity index is 798. The first-order valence-corrected chi connectivity index (χ1v) is 11.1. The van der Waals surface area contributed by atoms with Crippen LogP contribution >= 0.6 is 0 Å². The van der Waals surface area contributed by atoms with Crippen LogP contribution in [0.1, 0.15) is 62.9 Å². The molecule has 1 fully saturated rings. The maximum atomic E-state index is 12.9. The van der Waals surface area contributed by atoms with Crippen molar-refractivity contribution in [3.8, 4) is 0 Å². The highest BCUT2D eigenvalue weighted by molar-refractivity contribution is 5.98. The molecular weight excluding hydrogens is 410 g/mol. The molecule has 0 N–H and O–H groups in total. The summed E-state index contributed by atoms with van der Waals surface area (Å²) in [4.78, 5) is 39.8. The Hall–Kier alpha value is -2.25. The molecule has 2 rings (SSSR count). The summed E-state index contributed by atoms with van der Waals surface area (Å²) >= 11 is 0. The number of rotatable bonds is 9. The molecule has 1 aliphatic rings. The molecule has 0 aliphatic carbocycles. The number of benzene rings is 1. The van der Waals surface area contributed by atoms with Crippen LogP contribution in [0.3, 0.4) is 0 Å². The highest BCUT2D eigenvalue weighted by Gasteiger charge is 2.44. The van der Waals surface area contributed by atoms with E-state index >= 15 is 0 Å². The molecule has 0 bridgehead atoms. The zero-order chi connectivity index (χ0) is 24.1. The number of methoxy groups -OCH3 is 2. The molecule has 0 saturated carbocycles. The first kappa shape index (κ1) is 26.0. The fourth-order valence-electron chi connectivity index (χ4n) is 4.06. The van der Waals surface area contributed by atoms with Crippen molar-refractivity contribution in [3.63, 3.8) is 0 Å². The Morgan fingerprint density at radius 1 is 1.09 bits per heavy atom. The summed E-state index contributed by atoms with van der Waals surface area (Å²) in [5, 5.41) is 0. The van der Waals surface area contributed by atoms with Gasteiger partial charge in [0.2, 0.25) is 0 Å². The summed E-state index contributed by atoms with van der Waals surface area (Å²) in [6.07, 6.45) is -0.308. The number of nitrogens with zero attached hydrogens (tertiary/aromatic N) is 1. The number of hydrogen-bond acceptors (Lipinski definition) is 6. The Morgan fingerprint density at radius 2 is 1.72 bits per heavy atom. The van der Waals surface area contributed by atoms with Crippen molar-refractivity contribution in [1.82, 2.24) is 4.90 Å². The highest BCUT2D eigenvalue weighted by atomic mass is 16.6. The van der Waals surface area contributed by atoms with E-state index in [0.29, 0.717) is 18.5 Å². The maximum absolute atomic E-state index is 12.9. The molecule has 1 saturated heterocycles. The molecule has 178 valence electrons. The molecule has 1 aromatic carbocycles. The molecule has 0 unspecified atom stereocenters. The predicted octanol–water partition coefficient (Wildman–Crippen LogP) is 4.20. The monoisotopic (exact) mass is 447 g/mol. The third-order valence-electron chi connectivity index (χ3n) is 5.89. The molecular formula is C25H37NO6. The van der Waals surface area contributed by atoms with Crippen LogP contribution in [-0.4, -0.2) is 67.2 Å². The first-order valence-electron chi connectivity index (χ1n) is 11.1. The lowest BCUT2D eigenvalue weighted by Crippen LogP contribution is -2.49. The molecule has 1 heterocycles. The number of Topliss-reactive ketones (excluding diaryl/α,β-unsaturated/α-hetero) is 2. The van der Waals surface area contributed by atoms with Gasteiger partial charge in [-0.3, -0.25) is 14.5 Å². The second-order valence-electron chi connectivity index (χ2n) is 9.54. The van der Waals surface area contributed by atoms with Gasteiger partial charge in [-0.1, -0.05) is 36.8 Å². The standard InChI is InChI=1S/C25H37NO6/c1-16-8-10-18(11-9-16)22(28)13-12-21(27)17(2)23(31-7)20-14-19(30-6)15-26(20)24(29)32-25(3,4)5/h8-11,17,19-20,23H,12-15H2,1-7H3/t17-,19+,20-,23+/m0/s1. The van der Waals surface area contributed by atoms with Crippen molar-refractivity contribution < 1.29 is 28.6 Å². The Morgan fingerprint density at radius 3 is 2.25 bits per heavy atom. The lowest BCUT2D eigenvalue weighted by molar-refractivity contribution is -0.128. The Kier molecular flexibility index (Phi) is 8.98. The number of ether oxygens (including phenoxy) is 3. The molecule has 1 amide bonds. The van der Waals surface area contributed by atoms with E-state index in [1.807, 2.05) is 39.8 Å². The van der Waals surface area contributed by atoms with E-state index in [9.17, 15) is 14.4 Å². The minimum atomic E-state index is -0.632. The van der Waals surface area contributed by atoms with Crippen LogP contribution in [0.4, 0.5) is 4.79 Å². The van der Waals surface area contributed by atoms with Gasteiger partial charge in [0.15, 0.2) is 5.78 Å². The lowest BCUT2D eigenvalue weighted by Gasteiger charge is -2.34. The number of hydrogen-bond donors (Lipinski definition) is 0. The lowest BCUT2D eigenvalue weighted by atomic mass is 9.89. The van der Waals surface area contributed by atoms with Gasteiger partial charge in [0, 0.05) is 38.5 Å². The second kappa shape index (κ2) is 11.1. The topological polar surface area (TPSA) is 82.1 Å². The molecule has 1 aliphatic heterocycles. The van der Waals surface area contributed by atoms with E-state index in [0.717, 1.165) is 5.56 Å². The molecule has 0 aromatic heterocycles. The van der Waals surface area contributed by atoms with Crippen molar-refractivity contribution >= 4 is 17.7 Å². The summed E-state index contributed by atoms with van der Waals surface area (Å²) in [5.74, 6) is -0.617. The number of aryl methyl sites for hydroxylation is 1. The second-order valence-corrected chi connectivity index (χ2v) is 9.54. The van der Waals surface area contributed by atoms with Crippen molar-refractivity contribution in [3.05, 3.63) is 35.4 Å². The quantitative estimate of drug-likeness (QED) is 0.528. The normalized spacial score (nSPS) is 20.7. The zero-order valence-corrected chi connectivity index (χ0v) is 20.3. The molecule has 7 heteroatoms. The van der Waals surface area contributed by atoms with E-state index in [1.54, 1.807) is 38.2 Å². The number of carbonyl (C=O) groups is 3. The first-order chi connectivity index (χ1) is 15.0. The van der Waals surface area contributed by atoms with E-state index < -0.39 is 23.7 Å². The fourth-order valence-corrected chi connectivity index (χ4v) is 4.06. The van der Waals surface area contributed by atoms with Gasteiger partial charge >= 0.3 is 6.09 Å². The van der Waals surface area contributed by atoms with Crippen molar-refractivity contribution in [1.29, 1.82) is 0 Å². The summed E-state index contributed by atoms with van der Waals surface area (Å²) in [6.45, 7) is 9.57. The number of ketones is 2. The van der Waals surface area contributed by atoms with Gasteiger partial charge < -0.3 is 14.2 Å². The number of amides is 1. The van der Waals surface area contributed by atoms with Gasteiger partial charge in [0.1, 0.15) is 11.4 Å². The van der Waals surface area contributed by atoms with E-state index in [2.05, 4.69) is 0 Å². The van der Waals surface area contributed by atoms with Crippen LogP contribution in [-0.2, 0) is 19.0 Å². The number of carbonyl (C=O) groups excluding carboxylic acids is 3. The predicted molar refractivity (Wildman–Crippen MR) is 122 cm³/mol. The van der Waals surface area contributed by atoms with Gasteiger partial charge in [0.05, 0.1) is 24.8 Å². The number of likely N-dealkylation sites (tertiary alicyclic amines) is 1. The molecule has 1 aromatic rings. The van der Waals surface area contributed by atoms with Crippen molar-refractivity contribution in [2.24, 2.45) is 5.92 Å². The van der Waals surface area contributed by atoms with Gasteiger partial charge in [-0.2, -0.15) is 0 Å². The van der Waals surface area contributed by atoms with Crippen LogP contribution in [0.2, 0.25) is 0 Å². The molecule has 0 spiro atoms. The van der Waals surface area contributed by atoms with Gasteiger partial charge in [-0.25, -0.2) is 4.79 Å². The summed E-state index contributed by atoms with van der Waals surface area (Å²) in [7, 11) is 3.15. The van der Waals surface area contributed by atoms with E-state index in [4.69, 9.17) is 14.2 Å². The SMILES string of the molecule is CO[C@@H]1C[C@@H]([C@H](OC)[C@@H](C)C(=O)CCC(=O)c2ccc(C)cc2)N(C(=O)OC(C)(C)C)C1. The van der Waals surface area contributed by atoms with Crippen molar-refractivity contribution in [2.75, 3.05) is 20.8 Å². The minimum Gasteiger partial charge on any atom is -0.444 e. The molecule has 32 heavy (non-hydrogen) atoms. The Balaban J connectivity index is 2.06.